The highest BCUT2D eigenvalue weighted by molar-refractivity contribution is 7.26. The number of anilines is 3. The zero-order valence-electron chi connectivity index (χ0n) is 33.5. The van der Waals surface area contributed by atoms with Crippen LogP contribution in [0.1, 0.15) is 0 Å². The zero-order valence-corrected chi connectivity index (χ0v) is 34.4. The molecule has 2 aromatic heterocycles. The number of para-hydroxylation sites is 1. The molecule has 12 aromatic rings. The van der Waals surface area contributed by atoms with E-state index in [1.807, 2.05) is 35.6 Å². The molecule has 62 heavy (non-hydrogen) atoms. The van der Waals surface area contributed by atoms with Crippen molar-refractivity contribution in [2.75, 3.05) is 4.90 Å². The van der Waals surface area contributed by atoms with Gasteiger partial charge < -0.3 is 9.47 Å². The van der Waals surface area contributed by atoms with Crippen LogP contribution < -0.4 is 4.90 Å². The van der Waals surface area contributed by atoms with Crippen molar-refractivity contribution in [2.45, 2.75) is 0 Å². The highest BCUT2D eigenvalue weighted by Crippen LogP contribution is 2.45. The second-order valence-electron chi connectivity index (χ2n) is 15.8. The van der Waals surface area contributed by atoms with E-state index in [1.165, 1.54) is 58.8 Å². The molecule has 0 amide bonds. The molecule has 0 bridgehead atoms. The molecule has 2 heterocycles. The van der Waals surface area contributed by atoms with Gasteiger partial charge in [-0.2, -0.15) is 0 Å². The standard InChI is InChI=1S/C58H37FN2S/c59-53-20-10-22-55-56(53)52-15-6-7-21-54(52)61(55)47-35-33-46(34-36-47)60(44-29-25-39(26-30-44)43-24-23-38-11-4-5-14-42(38)37-43)45-31-27-41(28-32-45)49-17-9-19-51-50-18-8-16-48(57(50)62-58(49)51)40-12-2-1-3-13-40/h1-37H. The second-order valence-corrected chi connectivity index (χ2v) is 16.8. The van der Waals surface area contributed by atoms with E-state index >= 15 is 4.39 Å². The van der Waals surface area contributed by atoms with Crippen molar-refractivity contribution in [3.8, 4) is 39.1 Å². The molecule has 12 rings (SSSR count). The summed E-state index contributed by atoms with van der Waals surface area (Å²) in [4.78, 5) is 2.31. The molecule has 0 spiro atoms. The zero-order chi connectivity index (χ0) is 41.1. The van der Waals surface area contributed by atoms with Gasteiger partial charge in [-0.3, -0.25) is 0 Å². The first-order chi connectivity index (χ1) is 30.7. The lowest BCUT2D eigenvalue weighted by atomic mass is 9.99. The van der Waals surface area contributed by atoms with Gasteiger partial charge in [0.15, 0.2) is 0 Å². The van der Waals surface area contributed by atoms with Crippen molar-refractivity contribution >= 4 is 81.1 Å². The van der Waals surface area contributed by atoms with E-state index in [2.05, 4.69) is 198 Å². The first-order valence-electron chi connectivity index (χ1n) is 20.9. The van der Waals surface area contributed by atoms with E-state index < -0.39 is 0 Å². The van der Waals surface area contributed by atoms with Gasteiger partial charge in [-0.05, 0) is 117 Å². The van der Waals surface area contributed by atoms with Crippen LogP contribution in [0, 0.1) is 5.82 Å². The van der Waals surface area contributed by atoms with Gasteiger partial charge >= 0.3 is 0 Å². The van der Waals surface area contributed by atoms with Crippen LogP contribution in [0.2, 0.25) is 0 Å². The Labute approximate surface area is 362 Å². The predicted octanol–water partition coefficient (Wildman–Crippen LogP) is 16.9. The molecule has 292 valence electrons. The molecule has 0 N–H and O–H groups in total. The average molecular weight is 813 g/mol. The van der Waals surface area contributed by atoms with Crippen molar-refractivity contribution < 1.29 is 4.39 Å². The number of fused-ring (bicyclic) bond motifs is 7. The van der Waals surface area contributed by atoms with Crippen LogP contribution in [0.25, 0.3) is 91.8 Å². The Morgan fingerprint density at radius 1 is 0.371 bits per heavy atom. The van der Waals surface area contributed by atoms with Gasteiger partial charge in [-0.1, -0.05) is 152 Å². The van der Waals surface area contributed by atoms with Crippen LogP contribution in [0.5, 0.6) is 0 Å². The SMILES string of the molecule is Fc1cccc2c1c1ccccc1n2-c1ccc(N(c2ccc(-c3ccc4ccccc4c3)cc2)c2ccc(-c3cccc4c3sc3c(-c5ccccc5)cccc34)cc2)cc1. The quantitative estimate of drug-likeness (QED) is 0.156. The van der Waals surface area contributed by atoms with Crippen molar-refractivity contribution in [2.24, 2.45) is 0 Å². The molecule has 0 atom stereocenters. The molecular weight excluding hydrogens is 776 g/mol. The summed E-state index contributed by atoms with van der Waals surface area (Å²) in [7, 11) is 0. The molecule has 0 radical (unpaired) electrons. The number of hydrogen-bond acceptors (Lipinski definition) is 2. The number of thiophene rings is 1. The predicted molar refractivity (Wildman–Crippen MR) is 262 cm³/mol. The van der Waals surface area contributed by atoms with Gasteiger partial charge in [0.05, 0.1) is 11.0 Å². The van der Waals surface area contributed by atoms with E-state index in [9.17, 15) is 0 Å². The fourth-order valence-electron chi connectivity index (χ4n) is 9.31. The third-order valence-corrected chi connectivity index (χ3v) is 13.6. The van der Waals surface area contributed by atoms with Crippen molar-refractivity contribution in [1.82, 2.24) is 4.57 Å². The van der Waals surface area contributed by atoms with Gasteiger partial charge in [0.25, 0.3) is 0 Å². The Bertz CT molecular complexity index is 3620. The van der Waals surface area contributed by atoms with E-state index in [0.29, 0.717) is 5.39 Å². The second kappa shape index (κ2) is 14.7. The van der Waals surface area contributed by atoms with Gasteiger partial charge in [-0.25, -0.2) is 4.39 Å². The molecule has 0 saturated heterocycles. The van der Waals surface area contributed by atoms with Crippen LogP contribution in [-0.2, 0) is 0 Å². The summed E-state index contributed by atoms with van der Waals surface area (Å²) in [6.07, 6.45) is 0. The van der Waals surface area contributed by atoms with Gasteiger partial charge in [0.2, 0.25) is 0 Å². The topological polar surface area (TPSA) is 8.17 Å². The minimum Gasteiger partial charge on any atom is -0.311 e. The molecule has 0 fully saturated rings. The average Bonchev–Trinajstić information content (AvgIpc) is 3.89. The monoisotopic (exact) mass is 812 g/mol. The van der Waals surface area contributed by atoms with Gasteiger partial charge in [-0.15, -0.1) is 11.3 Å². The minimum atomic E-state index is -0.212. The van der Waals surface area contributed by atoms with E-state index in [1.54, 1.807) is 12.1 Å². The smallest absolute Gasteiger partial charge is 0.133 e. The summed E-state index contributed by atoms with van der Waals surface area (Å²) in [5.41, 5.74) is 13.2. The van der Waals surface area contributed by atoms with E-state index in [-0.39, 0.29) is 5.82 Å². The Kier molecular flexibility index (Phi) is 8.58. The summed E-state index contributed by atoms with van der Waals surface area (Å²) in [5.74, 6) is -0.212. The van der Waals surface area contributed by atoms with E-state index in [4.69, 9.17) is 0 Å². The maximum Gasteiger partial charge on any atom is 0.133 e. The van der Waals surface area contributed by atoms with Crippen molar-refractivity contribution in [3.63, 3.8) is 0 Å². The molecule has 4 heteroatoms. The molecule has 2 nitrogen and oxygen atoms in total. The molecule has 0 aliphatic carbocycles. The molecule has 10 aromatic carbocycles. The number of benzene rings is 10. The van der Waals surface area contributed by atoms with Crippen molar-refractivity contribution in [1.29, 1.82) is 0 Å². The lowest BCUT2D eigenvalue weighted by Crippen LogP contribution is -2.10. The lowest BCUT2D eigenvalue weighted by molar-refractivity contribution is 0.640. The van der Waals surface area contributed by atoms with Crippen molar-refractivity contribution in [3.05, 3.63) is 230 Å². The van der Waals surface area contributed by atoms with Crippen LogP contribution >= 0.6 is 11.3 Å². The molecule has 0 aliphatic heterocycles. The third-order valence-electron chi connectivity index (χ3n) is 12.3. The first kappa shape index (κ1) is 36.1. The van der Waals surface area contributed by atoms with Gasteiger partial charge in [0, 0.05) is 53.7 Å². The Morgan fingerprint density at radius 2 is 0.887 bits per heavy atom. The number of aromatic nitrogens is 1. The van der Waals surface area contributed by atoms with Crippen LogP contribution in [0.3, 0.4) is 0 Å². The fourth-order valence-corrected chi connectivity index (χ4v) is 10.7. The maximum atomic E-state index is 15.3. The largest absolute Gasteiger partial charge is 0.311 e. The van der Waals surface area contributed by atoms with Crippen LogP contribution in [-0.4, -0.2) is 4.57 Å². The Balaban J connectivity index is 0.957. The number of hydrogen-bond donors (Lipinski definition) is 0. The summed E-state index contributed by atoms with van der Waals surface area (Å²) in [5, 5.41) is 6.58. The number of rotatable bonds is 7. The summed E-state index contributed by atoms with van der Waals surface area (Å²) in [6.45, 7) is 0. The maximum absolute atomic E-state index is 15.3. The highest BCUT2D eigenvalue weighted by atomic mass is 32.1. The van der Waals surface area contributed by atoms with E-state index in [0.717, 1.165) is 44.7 Å². The molecular formula is C58H37FN2S. The molecule has 0 aliphatic rings. The summed E-state index contributed by atoms with van der Waals surface area (Å²) < 4.78 is 20.1. The first-order valence-corrected chi connectivity index (χ1v) is 21.8. The van der Waals surface area contributed by atoms with Gasteiger partial charge in [0.1, 0.15) is 5.82 Å². The molecule has 0 unspecified atom stereocenters. The number of nitrogens with zero attached hydrogens (tertiary/aromatic N) is 2. The Morgan fingerprint density at radius 3 is 1.58 bits per heavy atom. The molecule has 0 saturated carbocycles. The third kappa shape index (κ3) is 5.99. The normalized spacial score (nSPS) is 11.6. The summed E-state index contributed by atoms with van der Waals surface area (Å²) >= 11 is 1.88. The minimum absolute atomic E-state index is 0.212. The fraction of sp³-hybridized carbons (Fsp3) is 0. The lowest BCUT2D eigenvalue weighted by Gasteiger charge is -2.26. The number of halogens is 1. The summed E-state index contributed by atoms with van der Waals surface area (Å²) in [6, 6.07) is 79.0. The van der Waals surface area contributed by atoms with Crippen LogP contribution in [0.15, 0.2) is 224 Å². The Hall–Kier alpha value is -7.79. The van der Waals surface area contributed by atoms with Crippen LogP contribution in [0.4, 0.5) is 21.5 Å². The highest BCUT2D eigenvalue weighted by Gasteiger charge is 2.19.